The highest BCUT2D eigenvalue weighted by molar-refractivity contribution is 6.00. The average Bonchev–Trinajstić information content (AvgIpc) is 1.52. The van der Waals surface area contributed by atoms with Gasteiger partial charge < -0.3 is 9.32 Å². The molecule has 1 aromatic heterocycles. The van der Waals surface area contributed by atoms with Gasteiger partial charge in [-0.25, -0.2) is 4.98 Å². The summed E-state index contributed by atoms with van der Waals surface area (Å²) in [7, 11) is 0. The Kier molecular flexibility index (Phi) is 12.8. The van der Waals surface area contributed by atoms with Crippen molar-refractivity contribution in [2.75, 3.05) is 4.90 Å². The van der Waals surface area contributed by atoms with Crippen LogP contribution in [0.15, 0.2) is 362 Å². The number of nitrogens with zero attached hydrogens (tertiary/aromatic N) is 2. The van der Waals surface area contributed by atoms with Gasteiger partial charge in [0, 0.05) is 22.6 Å². The lowest BCUT2D eigenvalue weighted by Crippen LogP contribution is -2.26. The lowest BCUT2D eigenvalue weighted by molar-refractivity contribution is 0.620. The Labute approximate surface area is 565 Å². The predicted molar refractivity (Wildman–Crippen MR) is 401 cm³/mol. The van der Waals surface area contributed by atoms with Crippen LogP contribution in [0.2, 0.25) is 0 Å². The van der Waals surface area contributed by atoms with Crippen LogP contribution >= 0.6 is 0 Å². The van der Waals surface area contributed by atoms with E-state index in [1.807, 2.05) is 24.3 Å². The standard InChI is InChI=1S/C94H62N2O/c1-3-21-74-75-26-9-14-31-83(75)93(82(74)4-2)84-32-15-12-29-78(84)80-56-48-65(58-88(80)93)60-42-50-67(51-43-60)96(68-52-44-61(45-53-68)66-49-57-81-79-30-13-18-35-87(79)94(89(81)59-66)85-33-16-10-27-76(85)77-28-11-17-34-86(77)94)69-54-46-63(47-55-69)71-23-6-8-25-73(71)72-24-7-5-22-70(72)62-38-40-64(41-39-62)92-95-90-36-19-20-37-91(90)97-92/h3-59H,2H2,1H3. The minimum Gasteiger partial charge on any atom is -0.436 e. The maximum Gasteiger partial charge on any atom is 0.227 e. The van der Waals surface area contributed by atoms with Gasteiger partial charge in [0.25, 0.3) is 0 Å². The molecule has 0 amide bonds. The summed E-state index contributed by atoms with van der Waals surface area (Å²) in [4.78, 5) is 7.18. The van der Waals surface area contributed by atoms with Crippen LogP contribution in [-0.2, 0) is 10.8 Å². The van der Waals surface area contributed by atoms with E-state index in [-0.39, 0.29) is 0 Å². The Balaban J connectivity index is 0.706. The van der Waals surface area contributed by atoms with Gasteiger partial charge in [0.05, 0.1) is 10.8 Å². The van der Waals surface area contributed by atoms with Crippen molar-refractivity contribution in [1.82, 2.24) is 4.98 Å². The van der Waals surface area contributed by atoms with Gasteiger partial charge in [-0.05, 0) is 224 Å². The second kappa shape index (κ2) is 22.1. The molecule has 3 nitrogen and oxygen atoms in total. The molecule has 2 spiro atoms. The lowest BCUT2D eigenvalue weighted by Gasteiger charge is -2.31. The molecular formula is C94H62N2O. The summed E-state index contributed by atoms with van der Waals surface area (Å²) in [5.74, 6) is 0.616. The van der Waals surface area contributed by atoms with E-state index in [2.05, 4.69) is 340 Å². The summed E-state index contributed by atoms with van der Waals surface area (Å²) in [6.07, 6.45) is 6.52. The first-order valence-electron chi connectivity index (χ1n) is 33.6. The zero-order chi connectivity index (χ0) is 64.3. The van der Waals surface area contributed by atoms with E-state index in [0.29, 0.717) is 5.89 Å². The van der Waals surface area contributed by atoms with E-state index in [1.54, 1.807) is 0 Å². The fraction of sp³-hybridized carbons (Fsp3) is 0.0319. The van der Waals surface area contributed by atoms with Gasteiger partial charge in [-0.2, -0.15) is 0 Å². The Hall–Kier alpha value is -12.4. The number of rotatable bonds is 11. The minimum atomic E-state index is -0.504. The van der Waals surface area contributed by atoms with Crippen molar-refractivity contribution in [3.63, 3.8) is 0 Å². The Bertz CT molecular complexity index is 5690. The molecule has 1 heterocycles. The maximum absolute atomic E-state index is 6.16. The molecule has 19 rings (SSSR count). The van der Waals surface area contributed by atoms with Gasteiger partial charge in [-0.3, -0.25) is 0 Å². The normalized spacial score (nSPS) is 14.7. The van der Waals surface area contributed by atoms with Gasteiger partial charge in [0.1, 0.15) is 5.52 Å². The van der Waals surface area contributed by atoms with Crippen LogP contribution in [0.25, 0.3) is 117 Å². The minimum absolute atomic E-state index is 0.425. The summed E-state index contributed by atoms with van der Waals surface area (Å²) in [6, 6.07) is 121. The largest absolute Gasteiger partial charge is 0.436 e. The number of benzene rings is 14. The highest BCUT2D eigenvalue weighted by Gasteiger charge is 2.53. The summed E-state index contributed by atoms with van der Waals surface area (Å²) in [5.41, 5.74) is 37.0. The fourth-order valence-corrected chi connectivity index (χ4v) is 17.0. The zero-order valence-electron chi connectivity index (χ0n) is 53.4. The average molecular weight is 1240 g/mol. The number of fused-ring (bicyclic) bond motifs is 18. The first kappa shape index (κ1) is 56.1. The summed E-state index contributed by atoms with van der Waals surface area (Å²) in [5, 5.41) is 0. The number of aromatic nitrogens is 1. The molecule has 97 heavy (non-hydrogen) atoms. The molecule has 0 saturated heterocycles. The number of hydrogen-bond donors (Lipinski definition) is 0. The van der Waals surface area contributed by atoms with Crippen molar-refractivity contribution in [2.24, 2.45) is 0 Å². The quantitative estimate of drug-likeness (QED) is 0.129. The van der Waals surface area contributed by atoms with Crippen molar-refractivity contribution in [3.8, 4) is 100 Å². The molecule has 1 atom stereocenters. The van der Waals surface area contributed by atoms with E-state index >= 15 is 0 Å². The van der Waals surface area contributed by atoms with E-state index in [1.165, 1.54) is 100 Å². The van der Waals surface area contributed by atoms with Gasteiger partial charge in [-0.15, -0.1) is 0 Å². The molecule has 0 saturated carbocycles. The van der Waals surface area contributed by atoms with Gasteiger partial charge in [0.15, 0.2) is 5.58 Å². The van der Waals surface area contributed by atoms with Gasteiger partial charge in [-0.1, -0.05) is 280 Å². The second-order valence-corrected chi connectivity index (χ2v) is 25.9. The molecule has 0 radical (unpaired) electrons. The van der Waals surface area contributed by atoms with Crippen LogP contribution in [0.4, 0.5) is 17.1 Å². The molecule has 3 heteroatoms. The fourth-order valence-electron chi connectivity index (χ4n) is 17.0. The van der Waals surface area contributed by atoms with Crippen molar-refractivity contribution < 1.29 is 4.42 Å². The Morgan fingerprint density at radius 2 is 0.649 bits per heavy atom. The number of para-hydroxylation sites is 2. The molecule has 15 aromatic rings. The van der Waals surface area contributed by atoms with E-state index in [4.69, 9.17) is 9.40 Å². The highest BCUT2D eigenvalue weighted by atomic mass is 16.3. The third-order valence-corrected chi connectivity index (χ3v) is 21.1. The smallest absolute Gasteiger partial charge is 0.227 e. The van der Waals surface area contributed by atoms with E-state index in [9.17, 15) is 0 Å². The van der Waals surface area contributed by atoms with Crippen molar-refractivity contribution >= 4 is 33.7 Å². The molecule has 0 N–H and O–H groups in total. The molecule has 0 bridgehead atoms. The molecule has 0 fully saturated rings. The van der Waals surface area contributed by atoms with Gasteiger partial charge >= 0.3 is 0 Å². The third-order valence-electron chi connectivity index (χ3n) is 21.1. The van der Waals surface area contributed by atoms with E-state index < -0.39 is 10.8 Å². The van der Waals surface area contributed by atoms with Crippen molar-refractivity contribution in [2.45, 2.75) is 17.8 Å². The van der Waals surface area contributed by atoms with Crippen LogP contribution in [0, 0.1) is 0 Å². The molecule has 0 aliphatic heterocycles. The maximum atomic E-state index is 6.16. The Morgan fingerprint density at radius 1 is 0.309 bits per heavy atom. The molecule has 4 aliphatic rings. The number of oxazole rings is 1. The molecule has 454 valence electrons. The summed E-state index contributed by atoms with van der Waals surface area (Å²) >= 11 is 0. The first-order valence-corrected chi connectivity index (χ1v) is 33.6. The van der Waals surface area contributed by atoms with Crippen LogP contribution < -0.4 is 4.90 Å². The van der Waals surface area contributed by atoms with E-state index in [0.717, 1.165) is 78.2 Å². The molecule has 14 aromatic carbocycles. The van der Waals surface area contributed by atoms with Crippen LogP contribution in [0.1, 0.15) is 51.4 Å². The number of allylic oxidation sites excluding steroid dienone is 5. The van der Waals surface area contributed by atoms with Crippen LogP contribution in [0.3, 0.4) is 0 Å². The van der Waals surface area contributed by atoms with Gasteiger partial charge in [0.2, 0.25) is 5.89 Å². The number of hydrogen-bond acceptors (Lipinski definition) is 3. The molecule has 4 aliphatic carbocycles. The monoisotopic (exact) mass is 1230 g/mol. The zero-order valence-corrected chi connectivity index (χ0v) is 53.4. The van der Waals surface area contributed by atoms with Crippen molar-refractivity contribution in [1.29, 1.82) is 0 Å². The second-order valence-electron chi connectivity index (χ2n) is 25.9. The SMILES string of the molecule is C=CC1=C(C=CC)c2ccccc2C12c1ccccc1-c1ccc(-c3ccc(N(c4ccc(-c5ccc6c(c5)C5(c7ccccc7-c7ccccc75)c5ccccc5-6)cc4)c4ccc(-c5ccccc5-c5ccccc5-c5ccc(-c6nc7ccccc7o6)cc5)cc4)cc3)cc12. The van der Waals surface area contributed by atoms with Crippen LogP contribution in [0.5, 0.6) is 0 Å². The van der Waals surface area contributed by atoms with Crippen LogP contribution in [-0.4, -0.2) is 4.98 Å². The Morgan fingerprint density at radius 3 is 1.10 bits per heavy atom. The summed E-state index contributed by atoms with van der Waals surface area (Å²) < 4.78 is 6.16. The number of anilines is 3. The topological polar surface area (TPSA) is 29.3 Å². The van der Waals surface area contributed by atoms with Crippen molar-refractivity contribution in [3.05, 3.63) is 402 Å². The summed E-state index contributed by atoms with van der Waals surface area (Å²) in [6.45, 7) is 6.62. The predicted octanol–water partition coefficient (Wildman–Crippen LogP) is 24.5. The lowest BCUT2D eigenvalue weighted by atomic mass is 9.69. The third kappa shape index (κ3) is 8.32. The molecular weight excluding hydrogens is 1170 g/mol. The highest BCUT2D eigenvalue weighted by Crippen LogP contribution is 2.65. The first-order chi connectivity index (χ1) is 48.0. The molecule has 1 unspecified atom stereocenters.